The van der Waals surface area contributed by atoms with Gasteiger partial charge in [0.05, 0.1) is 0 Å². The van der Waals surface area contributed by atoms with Gasteiger partial charge in [0.2, 0.25) is 0 Å². The molecule has 2 bridgehead atoms. The maximum Gasteiger partial charge on any atom is 0.251 e. The summed E-state index contributed by atoms with van der Waals surface area (Å²) in [6.07, 6.45) is 7.76. The van der Waals surface area contributed by atoms with Gasteiger partial charge in [0.1, 0.15) is 0 Å². The van der Waals surface area contributed by atoms with Gasteiger partial charge < -0.3 is 10.6 Å². The predicted molar refractivity (Wildman–Crippen MR) is 87.7 cm³/mol. The van der Waals surface area contributed by atoms with Crippen LogP contribution in [0.3, 0.4) is 0 Å². The fourth-order valence-electron chi connectivity index (χ4n) is 3.81. The van der Waals surface area contributed by atoms with Gasteiger partial charge in [-0.2, -0.15) is 0 Å². The van der Waals surface area contributed by atoms with Crippen molar-refractivity contribution < 1.29 is 4.79 Å². The number of terminal acetylenes is 1. The summed E-state index contributed by atoms with van der Waals surface area (Å²) in [7, 11) is 0. The molecule has 2 aliphatic rings. The first-order valence-electron chi connectivity index (χ1n) is 7.78. The Morgan fingerprint density at radius 3 is 2.91 bits per heavy atom. The van der Waals surface area contributed by atoms with E-state index < -0.39 is 0 Å². The van der Waals surface area contributed by atoms with Crippen molar-refractivity contribution in [3.8, 4) is 12.3 Å². The minimum Gasteiger partial charge on any atom is -0.349 e. The SMILES string of the molecule is C#Cc1cccc2cc(C(=O)NC3CC4CC3CN4)ccc12. The third-order valence-electron chi connectivity index (χ3n) is 4.98. The first-order valence-corrected chi connectivity index (χ1v) is 7.78. The Bertz CT molecular complexity index is 790. The van der Waals surface area contributed by atoms with Crippen LogP contribution in [0.15, 0.2) is 36.4 Å². The zero-order valence-corrected chi connectivity index (χ0v) is 12.3. The van der Waals surface area contributed by atoms with Crippen LogP contribution in [0, 0.1) is 18.3 Å². The number of rotatable bonds is 2. The van der Waals surface area contributed by atoms with Crippen molar-refractivity contribution in [3.63, 3.8) is 0 Å². The van der Waals surface area contributed by atoms with Crippen molar-refractivity contribution in [1.29, 1.82) is 0 Å². The average molecular weight is 290 g/mol. The molecule has 0 aromatic heterocycles. The van der Waals surface area contributed by atoms with Gasteiger partial charge in [0, 0.05) is 29.8 Å². The van der Waals surface area contributed by atoms with E-state index in [0.717, 1.165) is 29.3 Å². The third kappa shape index (κ3) is 2.17. The van der Waals surface area contributed by atoms with E-state index in [1.54, 1.807) is 0 Å². The van der Waals surface area contributed by atoms with Gasteiger partial charge in [-0.3, -0.25) is 4.79 Å². The van der Waals surface area contributed by atoms with E-state index in [2.05, 4.69) is 16.6 Å². The van der Waals surface area contributed by atoms with E-state index in [1.165, 1.54) is 6.42 Å². The van der Waals surface area contributed by atoms with E-state index in [1.807, 2.05) is 36.4 Å². The standard InChI is InChI=1S/C19H18N2O/c1-2-12-4-3-5-13-8-14(6-7-17(12)13)19(22)21-18-10-16-9-15(18)11-20-16/h1,3-8,15-16,18,20H,9-11H2,(H,21,22). The van der Waals surface area contributed by atoms with E-state index >= 15 is 0 Å². The summed E-state index contributed by atoms with van der Waals surface area (Å²) in [6, 6.07) is 12.5. The molecule has 2 aromatic rings. The molecule has 1 saturated heterocycles. The van der Waals surface area contributed by atoms with E-state index in [0.29, 0.717) is 23.6 Å². The molecule has 1 amide bonds. The number of carbonyl (C=O) groups is 1. The van der Waals surface area contributed by atoms with Crippen LogP contribution in [0.25, 0.3) is 10.8 Å². The van der Waals surface area contributed by atoms with Crippen molar-refractivity contribution >= 4 is 16.7 Å². The van der Waals surface area contributed by atoms with Gasteiger partial charge >= 0.3 is 0 Å². The maximum atomic E-state index is 12.5. The van der Waals surface area contributed by atoms with Crippen molar-refractivity contribution in [2.45, 2.75) is 24.9 Å². The van der Waals surface area contributed by atoms with Crippen molar-refractivity contribution in [2.24, 2.45) is 5.92 Å². The summed E-state index contributed by atoms with van der Waals surface area (Å²) >= 11 is 0. The Balaban J connectivity index is 1.58. The molecular formula is C19H18N2O. The molecule has 22 heavy (non-hydrogen) atoms. The fraction of sp³-hybridized carbons (Fsp3) is 0.316. The Labute approximate surface area is 130 Å². The molecule has 3 heteroatoms. The third-order valence-corrected chi connectivity index (χ3v) is 4.98. The van der Waals surface area contributed by atoms with E-state index in [4.69, 9.17) is 6.42 Å². The average Bonchev–Trinajstić information content (AvgIpc) is 3.16. The molecule has 2 N–H and O–H groups in total. The van der Waals surface area contributed by atoms with Gasteiger partial charge in [-0.05, 0) is 47.7 Å². The zero-order chi connectivity index (χ0) is 15.1. The van der Waals surface area contributed by atoms with Crippen LogP contribution in [-0.2, 0) is 0 Å². The summed E-state index contributed by atoms with van der Waals surface area (Å²) in [4.78, 5) is 12.5. The number of carbonyl (C=O) groups excluding carboxylic acids is 1. The molecule has 1 aliphatic carbocycles. The largest absolute Gasteiger partial charge is 0.349 e. The highest BCUT2D eigenvalue weighted by Crippen LogP contribution is 2.31. The lowest BCUT2D eigenvalue weighted by Gasteiger charge is -2.23. The maximum absolute atomic E-state index is 12.5. The topological polar surface area (TPSA) is 41.1 Å². The molecule has 3 unspecified atom stereocenters. The monoisotopic (exact) mass is 290 g/mol. The van der Waals surface area contributed by atoms with E-state index in [-0.39, 0.29) is 5.91 Å². The van der Waals surface area contributed by atoms with Crippen LogP contribution in [0.1, 0.15) is 28.8 Å². The molecule has 110 valence electrons. The lowest BCUT2D eigenvalue weighted by Crippen LogP contribution is -2.44. The molecule has 0 radical (unpaired) electrons. The van der Waals surface area contributed by atoms with Crippen molar-refractivity contribution in [1.82, 2.24) is 10.6 Å². The Morgan fingerprint density at radius 1 is 1.27 bits per heavy atom. The molecule has 1 aliphatic heterocycles. The second-order valence-electron chi connectivity index (χ2n) is 6.30. The smallest absolute Gasteiger partial charge is 0.251 e. The highest BCUT2D eigenvalue weighted by Gasteiger charge is 2.40. The first-order chi connectivity index (χ1) is 10.7. The second kappa shape index (κ2) is 5.15. The lowest BCUT2D eigenvalue weighted by atomic mass is 10.0. The molecule has 2 aromatic carbocycles. The molecular weight excluding hydrogens is 272 g/mol. The van der Waals surface area contributed by atoms with Crippen LogP contribution in [0.5, 0.6) is 0 Å². The zero-order valence-electron chi connectivity index (χ0n) is 12.3. The molecule has 3 atom stereocenters. The normalized spacial score (nSPS) is 26.0. The Morgan fingerprint density at radius 2 is 2.18 bits per heavy atom. The number of nitrogens with one attached hydrogen (secondary N) is 2. The van der Waals surface area contributed by atoms with Gasteiger partial charge in [0.25, 0.3) is 5.91 Å². The van der Waals surface area contributed by atoms with Crippen LogP contribution < -0.4 is 10.6 Å². The summed E-state index contributed by atoms with van der Waals surface area (Å²) in [5.74, 6) is 3.29. The minimum absolute atomic E-state index is 0.0190. The Kier molecular flexibility index (Phi) is 3.13. The van der Waals surface area contributed by atoms with Crippen LogP contribution in [0.2, 0.25) is 0 Å². The Hall–Kier alpha value is -2.31. The molecule has 1 saturated carbocycles. The molecule has 4 rings (SSSR count). The quantitative estimate of drug-likeness (QED) is 0.833. The molecule has 3 nitrogen and oxygen atoms in total. The van der Waals surface area contributed by atoms with Gasteiger partial charge in [-0.15, -0.1) is 6.42 Å². The predicted octanol–water partition coefficient (Wildman–Crippen LogP) is 2.30. The number of benzene rings is 2. The molecule has 2 fully saturated rings. The van der Waals surface area contributed by atoms with Crippen molar-refractivity contribution in [2.75, 3.05) is 6.54 Å². The lowest BCUT2D eigenvalue weighted by molar-refractivity contribution is 0.0925. The first kappa shape index (κ1) is 13.4. The molecule has 0 spiro atoms. The van der Waals surface area contributed by atoms with Crippen LogP contribution in [0.4, 0.5) is 0 Å². The summed E-state index contributed by atoms with van der Waals surface area (Å²) < 4.78 is 0. The molecule has 1 heterocycles. The number of hydrogen-bond acceptors (Lipinski definition) is 2. The highest BCUT2D eigenvalue weighted by molar-refractivity contribution is 5.99. The second-order valence-corrected chi connectivity index (χ2v) is 6.30. The number of hydrogen-bond donors (Lipinski definition) is 2. The number of fused-ring (bicyclic) bond motifs is 3. The fourth-order valence-corrected chi connectivity index (χ4v) is 3.81. The highest BCUT2D eigenvalue weighted by atomic mass is 16.1. The van der Waals surface area contributed by atoms with Crippen LogP contribution in [-0.4, -0.2) is 24.5 Å². The van der Waals surface area contributed by atoms with Gasteiger partial charge in [-0.1, -0.05) is 24.1 Å². The minimum atomic E-state index is 0.0190. The number of piperidine rings is 1. The van der Waals surface area contributed by atoms with Gasteiger partial charge in [-0.25, -0.2) is 0 Å². The van der Waals surface area contributed by atoms with E-state index in [9.17, 15) is 4.79 Å². The van der Waals surface area contributed by atoms with Gasteiger partial charge in [0.15, 0.2) is 0 Å². The summed E-state index contributed by atoms with van der Waals surface area (Å²) in [6.45, 7) is 1.03. The summed E-state index contributed by atoms with van der Waals surface area (Å²) in [5, 5.41) is 8.70. The number of amides is 1. The van der Waals surface area contributed by atoms with Crippen molar-refractivity contribution in [3.05, 3.63) is 47.5 Å². The van der Waals surface area contributed by atoms with Crippen LogP contribution >= 0.6 is 0 Å². The summed E-state index contributed by atoms with van der Waals surface area (Å²) in [5.41, 5.74) is 1.57.